The summed E-state index contributed by atoms with van der Waals surface area (Å²) in [6.45, 7) is 8.17. The lowest BCUT2D eigenvalue weighted by Gasteiger charge is -2.40. The average Bonchev–Trinajstić information content (AvgIpc) is 3.52. The van der Waals surface area contributed by atoms with E-state index in [0.29, 0.717) is 24.5 Å². The van der Waals surface area contributed by atoms with E-state index in [4.69, 9.17) is 4.74 Å². The maximum absolute atomic E-state index is 12.6. The molecule has 0 saturated carbocycles. The van der Waals surface area contributed by atoms with Gasteiger partial charge in [-0.15, -0.1) is 0 Å². The van der Waals surface area contributed by atoms with Crippen LogP contribution < -0.4 is 10.2 Å². The largest absolute Gasteiger partial charge is 0.391 e. The molecule has 5 rings (SSSR count). The summed E-state index contributed by atoms with van der Waals surface area (Å²) >= 11 is 4.19. The molecule has 0 spiro atoms. The first-order chi connectivity index (χ1) is 16.4. The van der Waals surface area contributed by atoms with Crippen molar-refractivity contribution in [3.63, 3.8) is 0 Å². The lowest BCUT2D eigenvalue weighted by atomic mass is 9.76. The Kier molecular flexibility index (Phi) is 6.29. The van der Waals surface area contributed by atoms with E-state index in [-0.39, 0.29) is 17.4 Å². The van der Waals surface area contributed by atoms with Crippen LogP contribution in [0.2, 0.25) is 0 Å². The summed E-state index contributed by atoms with van der Waals surface area (Å²) in [7, 11) is 0. The van der Waals surface area contributed by atoms with Gasteiger partial charge in [0.25, 0.3) is 5.91 Å². The molecule has 4 aliphatic rings. The third-order valence-corrected chi connectivity index (χ3v) is 8.03. The number of amides is 1. The third kappa shape index (κ3) is 3.88. The predicted molar refractivity (Wildman–Crippen MR) is 138 cm³/mol. The van der Waals surface area contributed by atoms with Crippen LogP contribution in [0, 0.1) is 0 Å². The van der Waals surface area contributed by atoms with Gasteiger partial charge in [-0.1, -0.05) is 26.0 Å². The fraction of sp³-hybridized carbons (Fsp3) is 0.519. The topological polar surface area (TPSA) is 65.0 Å². The molecule has 1 aliphatic carbocycles. The zero-order valence-corrected chi connectivity index (χ0v) is 21.0. The van der Waals surface area contributed by atoms with Gasteiger partial charge in [-0.05, 0) is 60.8 Å². The zero-order chi connectivity index (χ0) is 23.9. The first-order valence-electron chi connectivity index (χ1n) is 12.3. The molecule has 3 aliphatic heterocycles. The number of β-amino-alcohol motifs (C(OH)–C–C–N with tert-alkyl or cyclic N) is 1. The number of aliphatic hydroxyl groups excluding tert-OH is 1. The van der Waals surface area contributed by atoms with Gasteiger partial charge in [0.2, 0.25) is 0 Å². The molecule has 182 valence electrons. The summed E-state index contributed by atoms with van der Waals surface area (Å²) < 4.78 is 6.48. The van der Waals surface area contributed by atoms with Crippen molar-refractivity contribution in [2.75, 3.05) is 43.4 Å². The Labute approximate surface area is 207 Å². The lowest BCUT2D eigenvalue weighted by molar-refractivity contribution is -0.000366. The highest BCUT2D eigenvalue weighted by Crippen LogP contribution is 2.55. The van der Waals surface area contributed by atoms with Crippen molar-refractivity contribution in [1.82, 2.24) is 10.2 Å². The molecule has 1 amide bonds. The number of nitrogens with zero attached hydrogens (tertiary/aromatic N) is 2. The number of ether oxygens (including phenoxy) is 1. The Morgan fingerprint density at radius 2 is 2.15 bits per heavy atom. The zero-order valence-electron chi connectivity index (χ0n) is 20.1. The maximum Gasteiger partial charge on any atom is 0.251 e. The smallest absolute Gasteiger partial charge is 0.251 e. The minimum absolute atomic E-state index is 0.0642. The normalized spacial score (nSPS) is 27.6. The number of hydrogen-bond donors (Lipinski definition) is 3. The molecule has 1 aromatic rings. The second-order valence-corrected chi connectivity index (χ2v) is 10.6. The molecule has 2 atom stereocenters. The van der Waals surface area contributed by atoms with Crippen LogP contribution >= 0.6 is 12.6 Å². The van der Waals surface area contributed by atoms with Gasteiger partial charge >= 0.3 is 0 Å². The van der Waals surface area contributed by atoms with Crippen LogP contribution in [0.3, 0.4) is 0 Å². The minimum atomic E-state index is -0.570. The molecule has 7 heteroatoms. The maximum atomic E-state index is 12.6. The van der Waals surface area contributed by atoms with E-state index in [1.54, 1.807) is 0 Å². The van der Waals surface area contributed by atoms with Crippen molar-refractivity contribution in [3.8, 4) is 0 Å². The minimum Gasteiger partial charge on any atom is -0.391 e. The Morgan fingerprint density at radius 1 is 1.29 bits per heavy atom. The number of nitrogens with one attached hydrogen (secondary N) is 1. The molecule has 2 fully saturated rings. The van der Waals surface area contributed by atoms with E-state index in [2.05, 4.69) is 72.0 Å². The van der Waals surface area contributed by atoms with Crippen LogP contribution in [0.15, 0.2) is 53.8 Å². The van der Waals surface area contributed by atoms with E-state index in [1.807, 2.05) is 12.1 Å². The predicted octanol–water partition coefficient (Wildman–Crippen LogP) is 3.40. The monoisotopic (exact) mass is 481 g/mol. The summed E-state index contributed by atoms with van der Waals surface area (Å²) in [6.07, 6.45) is 11.5. The summed E-state index contributed by atoms with van der Waals surface area (Å²) in [5.74, 6) is 0.551. The highest BCUT2D eigenvalue weighted by Gasteiger charge is 2.59. The number of aliphatic hydroxyl groups is 1. The van der Waals surface area contributed by atoms with Crippen LogP contribution in [0.5, 0.6) is 0 Å². The Morgan fingerprint density at radius 3 is 2.85 bits per heavy atom. The van der Waals surface area contributed by atoms with Crippen LogP contribution in [-0.2, 0) is 10.2 Å². The number of thiol groups is 1. The number of carbonyl (C=O) groups is 1. The van der Waals surface area contributed by atoms with Crippen molar-refractivity contribution in [3.05, 3.63) is 64.9 Å². The van der Waals surface area contributed by atoms with Gasteiger partial charge in [0.15, 0.2) is 5.72 Å². The van der Waals surface area contributed by atoms with E-state index in [1.165, 1.54) is 11.3 Å². The molecule has 2 saturated heterocycles. The lowest BCUT2D eigenvalue weighted by Crippen LogP contribution is -2.51. The number of anilines is 1. The molecule has 34 heavy (non-hydrogen) atoms. The fourth-order valence-corrected chi connectivity index (χ4v) is 5.96. The molecule has 2 N–H and O–H groups in total. The summed E-state index contributed by atoms with van der Waals surface area (Å²) in [5, 5.41) is 12.8. The molecule has 0 bridgehead atoms. The Bertz CT molecular complexity index is 1060. The number of fused-ring (bicyclic) bond motifs is 3. The Balaban J connectivity index is 1.40. The molecule has 0 radical (unpaired) electrons. The second kappa shape index (κ2) is 9.10. The van der Waals surface area contributed by atoms with Gasteiger partial charge in [-0.3, -0.25) is 4.79 Å². The first kappa shape index (κ1) is 23.5. The van der Waals surface area contributed by atoms with Crippen LogP contribution in [0.4, 0.5) is 5.69 Å². The first-order valence-corrected chi connectivity index (χ1v) is 13.0. The van der Waals surface area contributed by atoms with Crippen molar-refractivity contribution >= 4 is 24.2 Å². The van der Waals surface area contributed by atoms with Gasteiger partial charge in [-0.2, -0.15) is 12.6 Å². The van der Waals surface area contributed by atoms with Gasteiger partial charge in [0.05, 0.1) is 12.7 Å². The number of rotatable bonds is 6. The van der Waals surface area contributed by atoms with Crippen LogP contribution in [-0.4, -0.2) is 66.3 Å². The van der Waals surface area contributed by atoms with Crippen LogP contribution in [0.1, 0.15) is 49.0 Å². The van der Waals surface area contributed by atoms with Gasteiger partial charge < -0.3 is 25.0 Å². The highest BCUT2D eigenvalue weighted by molar-refractivity contribution is 7.80. The van der Waals surface area contributed by atoms with Crippen LogP contribution in [0.25, 0.3) is 0 Å². The fourth-order valence-electron chi connectivity index (χ4n) is 5.85. The quantitative estimate of drug-likeness (QED) is 0.544. The third-order valence-electron chi connectivity index (χ3n) is 7.81. The SMILES string of the molecule is CC1(C)c2cc(C(=O)NCCS)ccc2N2CCOC21/C=C/C1=CC=C(N2CC[C@@H](O)C2)CC1. The molecule has 6 nitrogen and oxygen atoms in total. The molecule has 1 unspecified atom stereocenters. The van der Waals surface area contributed by atoms with Gasteiger partial charge in [0, 0.05) is 54.3 Å². The van der Waals surface area contributed by atoms with E-state index in [0.717, 1.165) is 50.1 Å². The summed E-state index contributed by atoms with van der Waals surface area (Å²) in [5.41, 5.74) is 4.67. The molecular weight excluding hydrogens is 446 g/mol. The number of allylic oxidation sites excluding steroid dienone is 5. The number of likely N-dealkylation sites (tertiary alicyclic amines) is 1. The van der Waals surface area contributed by atoms with Gasteiger partial charge in [-0.25, -0.2) is 0 Å². The van der Waals surface area contributed by atoms with E-state index >= 15 is 0 Å². The molecule has 1 aromatic carbocycles. The van der Waals surface area contributed by atoms with Gasteiger partial charge in [0.1, 0.15) is 0 Å². The molecule has 3 heterocycles. The molecular formula is C27H35N3O3S. The van der Waals surface area contributed by atoms with Crippen molar-refractivity contribution < 1.29 is 14.6 Å². The standard InChI is InChI=1S/C27H35N3O3S/c1-26(2)23-17-20(25(32)28-12-16-34)5-8-24(23)30-14-15-33-27(26,30)11-9-19-3-6-21(7-4-19)29-13-10-22(31)18-29/h3,5-6,8-9,11,17,22,31,34H,4,7,10,12-16,18H2,1-2H3,(H,28,32)/b11-9+/t22-,27?/m1/s1. The number of hydrogen-bond acceptors (Lipinski definition) is 6. The molecule has 0 aromatic heterocycles. The second-order valence-electron chi connectivity index (χ2n) is 10.2. The number of benzene rings is 1. The van der Waals surface area contributed by atoms with E-state index < -0.39 is 5.72 Å². The van der Waals surface area contributed by atoms with Crippen molar-refractivity contribution in [1.29, 1.82) is 0 Å². The highest BCUT2D eigenvalue weighted by atomic mass is 32.1. The number of carbonyl (C=O) groups excluding carboxylic acids is 1. The summed E-state index contributed by atoms with van der Waals surface area (Å²) in [6, 6.07) is 6.00. The summed E-state index contributed by atoms with van der Waals surface area (Å²) in [4.78, 5) is 17.2. The van der Waals surface area contributed by atoms with Crippen molar-refractivity contribution in [2.24, 2.45) is 0 Å². The average molecular weight is 482 g/mol. The van der Waals surface area contributed by atoms with E-state index in [9.17, 15) is 9.90 Å². The Hall–Kier alpha value is -2.22. The van der Waals surface area contributed by atoms with Crippen molar-refractivity contribution in [2.45, 2.75) is 50.4 Å².